The van der Waals surface area contributed by atoms with Crippen molar-refractivity contribution in [1.82, 2.24) is 4.90 Å². The summed E-state index contributed by atoms with van der Waals surface area (Å²) in [4.78, 5) is 2.65. The van der Waals surface area contributed by atoms with Crippen molar-refractivity contribution < 1.29 is 0 Å². The summed E-state index contributed by atoms with van der Waals surface area (Å²) < 4.78 is 0. The Hall–Kier alpha value is -0.720. The number of nitrogens with zero attached hydrogens (tertiary/aromatic N) is 1. The van der Waals surface area contributed by atoms with Crippen LogP contribution < -0.4 is 0 Å². The van der Waals surface area contributed by atoms with Crippen LogP contribution in [-0.4, -0.2) is 18.0 Å². The van der Waals surface area contributed by atoms with Gasteiger partial charge in [-0.15, -0.1) is 0 Å². The second-order valence-electron chi connectivity index (χ2n) is 8.99. The van der Waals surface area contributed by atoms with Crippen LogP contribution in [0.1, 0.15) is 66.2 Å². The van der Waals surface area contributed by atoms with E-state index in [1.165, 1.54) is 57.3 Å². The third kappa shape index (κ3) is 3.44. The van der Waals surface area contributed by atoms with E-state index in [0.717, 1.165) is 23.7 Å². The second kappa shape index (κ2) is 6.06. The van der Waals surface area contributed by atoms with Crippen LogP contribution in [0.15, 0.2) is 23.9 Å². The average molecular weight is 302 g/mol. The molecule has 3 aliphatic rings. The van der Waals surface area contributed by atoms with Crippen LogP contribution in [-0.2, 0) is 0 Å². The van der Waals surface area contributed by atoms with Crippen molar-refractivity contribution in [2.45, 2.75) is 66.2 Å². The van der Waals surface area contributed by atoms with Crippen LogP contribution in [0.5, 0.6) is 0 Å². The highest BCUT2D eigenvalue weighted by Gasteiger charge is 2.55. The van der Waals surface area contributed by atoms with Crippen molar-refractivity contribution in [3.05, 3.63) is 23.9 Å². The SMILES string of the molecule is C=C(C1CC1)N(CC(C)C)CC1CC1(C)C1CC=C(C)CC1. The van der Waals surface area contributed by atoms with Crippen LogP contribution in [0, 0.1) is 29.1 Å². The van der Waals surface area contributed by atoms with E-state index < -0.39 is 0 Å². The van der Waals surface area contributed by atoms with Crippen LogP contribution in [0.25, 0.3) is 0 Å². The summed E-state index contributed by atoms with van der Waals surface area (Å²) in [6.45, 7) is 16.4. The van der Waals surface area contributed by atoms with Gasteiger partial charge < -0.3 is 4.90 Å². The molecule has 0 spiro atoms. The molecule has 2 fully saturated rings. The van der Waals surface area contributed by atoms with E-state index in [9.17, 15) is 0 Å². The molecule has 0 aromatic rings. The van der Waals surface area contributed by atoms with Crippen molar-refractivity contribution >= 4 is 0 Å². The van der Waals surface area contributed by atoms with Crippen LogP contribution in [0.2, 0.25) is 0 Å². The van der Waals surface area contributed by atoms with Crippen LogP contribution in [0.3, 0.4) is 0 Å². The van der Waals surface area contributed by atoms with E-state index in [4.69, 9.17) is 0 Å². The first-order chi connectivity index (χ1) is 10.4. The Kier molecular flexibility index (Phi) is 4.45. The predicted molar refractivity (Wildman–Crippen MR) is 95.6 cm³/mol. The van der Waals surface area contributed by atoms with Gasteiger partial charge in [0.2, 0.25) is 0 Å². The third-order valence-corrected chi connectivity index (χ3v) is 6.51. The quantitative estimate of drug-likeness (QED) is 0.550. The molecule has 0 aromatic heterocycles. The van der Waals surface area contributed by atoms with Gasteiger partial charge in [0, 0.05) is 18.8 Å². The molecule has 22 heavy (non-hydrogen) atoms. The first kappa shape index (κ1) is 16.1. The van der Waals surface area contributed by atoms with Gasteiger partial charge in [0.05, 0.1) is 0 Å². The second-order valence-corrected chi connectivity index (χ2v) is 8.99. The minimum Gasteiger partial charge on any atom is -0.375 e. The van der Waals surface area contributed by atoms with E-state index in [2.05, 4.69) is 45.2 Å². The van der Waals surface area contributed by atoms with Gasteiger partial charge in [-0.3, -0.25) is 0 Å². The van der Waals surface area contributed by atoms with E-state index in [1.807, 2.05) is 0 Å². The minimum atomic E-state index is 0.607. The van der Waals surface area contributed by atoms with Gasteiger partial charge in [-0.2, -0.15) is 0 Å². The van der Waals surface area contributed by atoms with E-state index in [-0.39, 0.29) is 0 Å². The lowest BCUT2D eigenvalue weighted by Crippen LogP contribution is -2.31. The maximum absolute atomic E-state index is 4.44. The van der Waals surface area contributed by atoms with Crippen LogP contribution >= 0.6 is 0 Å². The summed E-state index contributed by atoms with van der Waals surface area (Å²) in [5, 5.41) is 0. The molecular weight excluding hydrogens is 266 g/mol. The zero-order chi connectivity index (χ0) is 15.9. The molecule has 0 bridgehead atoms. The molecule has 0 aromatic carbocycles. The summed E-state index contributed by atoms with van der Waals surface area (Å²) in [5.74, 6) is 3.37. The maximum atomic E-state index is 4.44. The highest BCUT2D eigenvalue weighted by molar-refractivity contribution is 5.14. The molecule has 0 heterocycles. The molecule has 3 unspecified atom stereocenters. The lowest BCUT2D eigenvalue weighted by molar-refractivity contribution is 0.228. The summed E-state index contributed by atoms with van der Waals surface area (Å²) in [7, 11) is 0. The van der Waals surface area contributed by atoms with Crippen molar-refractivity contribution in [3.63, 3.8) is 0 Å². The molecule has 1 heteroatoms. The van der Waals surface area contributed by atoms with E-state index >= 15 is 0 Å². The Bertz CT molecular complexity index is 457. The molecule has 0 radical (unpaired) electrons. The Balaban J connectivity index is 1.58. The van der Waals surface area contributed by atoms with Gasteiger partial charge >= 0.3 is 0 Å². The number of hydrogen-bond acceptors (Lipinski definition) is 1. The fourth-order valence-corrected chi connectivity index (χ4v) is 4.50. The molecule has 0 amide bonds. The zero-order valence-corrected chi connectivity index (χ0v) is 15.2. The fraction of sp³-hybridized carbons (Fsp3) is 0.810. The first-order valence-corrected chi connectivity index (χ1v) is 9.49. The largest absolute Gasteiger partial charge is 0.375 e. The lowest BCUT2D eigenvalue weighted by Gasteiger charge is -2.32. The van der Waals surface area contributed by atoms with Crippen molar-refractivity contribution in [1.29, 1.82) is 0 Å². The summed E-state index contributed by atoms with van der Waals surface area (Å²) >= 11 is 0. The lowest BCUT2D eigenvalue weighted by atomic mass is 9.78. The highest BCUT2D eigenvalue weighted by atomic mass is 15.2. The first-order valence-electron chi connectivity index (χ1n) is 9.49. The smallest absolute Gasteiger partial charge is 0.0208 e. The van der Waals surface area contributed by atoms with E-state index in [0.29, 0.717) is 5.41 Å². The number of hydrogen-bond donors (Lipinski definition) is 0. The van der Waals surface area contributed by atoms with Gasteiger partial charge in [0.25, 0.3) is 0 Å². The average Bonchev–Trinajstić information content (AvgIpc) is 3.35. The fourth-order valence-electron chi connectivity index (χ4n) is 4.50. The molecular formula is C21H35N. The third-order valence-electron chi connectivity index (χ3n) is 6.51. The zero-order valence-electron chi connectivity index (χ0n) is 15.2. The molecule has 1 nitrogen and oxygen atoms in total. The molecule has 3 rings (SSSR count). The summed E-state index contributed by atoms with van der Waals surface area (Å²) in [6, 6.07) is 0. The van der Waals surface area contributed by atoms with Gasteiger partial charge in [-0.25, -0.2) is 0 Å². The molecule has 3 aliphatic carbocycles. The highest BCUT2D eigenvalue weighted by Crippen LogP contribution is 2.61. The topological polar surface area (TPSA) is 3.24 Å². The molecule has 3 atom stereocenters. The van der Waals surface area contributed by atoms with Crippen molar-refractivity contribution in [3.8, 4) is 0 Å². The van der Waals surface area contributed by atoms with Gasteiger partial charge in [0.1, 0.15) is 0 Å². The maximum Gasteiger partial charge on any atom is 0.0208 e. The van der Waals surface area contributed by atoms with E-state index in [1.54, 1.807) is 5.57 Å². The Labute approximate surface area is 137 Å². The summed E-state index contributed by atoms with van der Waals surface area (Å²) in [5.41, 5.74) is 3.67. The van der Waals surface area contributed by atoms with Gasteiger partial charge in [-0.05, 0) is 74.5 Å². The minimum absolute atomic E-state index is 0.607. The molecule has 0 aliphatic heterocycles. The van der Waals surface area contributed by atoms with Crippen molar-refractivity contribution in [2.75, 3.05) is 13.1 Å². The standard InChI is InChI=1S/C21H35N/c1-15(2)13-22(17(4)18-8-9-18)14-20-12-21(20,5)19-10-6-16(3)7-11-19/h6,15,18-20H,4,7-14H2,1-3,5H3. The van der Waals surface area contributed by atoms with Gasteiger partial charge in [0.15, 0.2) is 0 Å². The monoisotopic (exact) mass is 301 g/mol. The molecule has 0 N–H and O–H groups in total. The molecule has 2 saturated carbocycles. The van der Waals surface area contributed by atoms with Gasteiger partial charge in [-0.1, -0.05) is 39.0 Å². The Morgan fingerprint density at radius 2 is 2.09 bits per heavy atom. The Morgan fingerprint density at radius 1 is 1.36 bits per heavy atom. The predicted octanol–water partition coefficient (Wildman–Crippen LogP) is 5.64. The molecule has 124 valence electrons. The normalized spacial score (nSPS) is 34.5. The summed E-state index contributed by atoms with van der Waals surface area (Å²) in [6.07, 6.45) is 10.8. The molecule has 0 saturated heterocycles. The van der Waals surface area contributed by atoms with Crippen molar-refractivity contribution in [2.24, 2.45) is 29.1 Å². The number of rotatable bonds is 7. The Morgan fingerprint density at radius 3 is 2.64 bits per heavy atom. The number of allylic oxidation sites excluding steroid dienone is 3. The van der Waals surface area contributed by atoms with Crippen LogP contribution in [0.4, 0.5) is 0 Å².